The molecule has 5 nitrogen and oxygen atoms in total. The van der Waals surface area contributed by atoms with Crippen LogP contribution < -0.4 is 10.4 Å². The number of hydrogen-bond donors (Lipinski definition) is 1. The number of rotatable bonds is 3. The molecular formula is C10H12N5+. The Bertz CT molecular complexity index is 412. The molecule has 0 saturated heterocycles. The zero-order valence-electron chi connectivity index (χ0n) is 8.24. The number of hydrogen-bond acceptors (Lipinski definition) is 4. The van der Waals surface area contributed by atoms with Crippen molar-refractivity contribution in [3.8, 4) is 11.4 Å². The van der Waals surface area contributed by atoms with Crippen molar-refractivity contribution in [2.24, 2.45) is 5.73 Å². The predicted molar refractivity (Wildman–Crippen MR) is 54.5 cm³/mol. The van der Waals surface area contributed by atoms with Gasteiger partial charge in [0.2, 0.25) is 0 Å². The molecule has 0 bridgehead atoms. The second-order valence-electron chi connectivity index (χ2n) is 3.04. The second-order valence-corrected chi connectivity index (χ2v) is 3.04. The largest absolute Gasteiger partial charge is 0.325 e. The molecule has 0 aromatic carbocycles. The van der Waals surface area contributed by atoms with Crippen LogP contribution in [0.3, 0.4) is 0 Å². The lowest BCUT2D eigenvalue weighted by molar-refractivity contribution is -0.751. The highest BCUT2D eigenvalue weighted by molar-refractivity contribution is 5.51. The lowest BCUT2D eigenvalue weighted by atomic mass is 10.3. The average molecular weight is 202 g/mol. The fourth-order valence-corrected chi connectivity index (χ4v) is 1.23. The van der Waals surface area contributed by atoms with Crippen LogP contribution in [0.4, 0.5) is 0 Å². The molecule has 0 spiro atoms. The summed E-state index contributed by atoms with van der Waals surface area (Å²) in [6.07, 6.45) is 7.04. The summed E-state index contributed by atoms with van der Waals surface area (Å²) in [5.74, 6) is 0.685. The minimum atomic E-state index is 0.582. The van der Waals surface area contributed by atoms with Crippen LogP contribution in [0.1, 0.15) is 0 Å². The number of aromatic nitrogens is 4. The van der Waals surface area contributed by atoms with E-state index in [1.807, 2.05) is 12.3 Å². The van der Waals surface area contributed by atoms with Crippen LogP contribution in [0.15, 0.2) is 36.9 Å². The first-order valence-electron chi connectivity index (χ1n) is 4.73. The van der Waals surface area contributed by atoms with E-state index in [9.17, 15) is 0 Å². The van der Waals surface area contributed by atoms with Crippen molar-refractivity contribution in [2.75, 3.05) is 6.54 Å². The Morgan fingerprint density at radius 3 is 2.67 bits per heavy atom. The summed E-state index contributed by atoms with van der Waals surface area (Å²) in [4.78, 5) is 8.28. The molecule has 76 valence electrons. The lowest BCUT2D eigenvalue weighted by Crippen LogP contribution is -2.40. The summed E-state index contributed by atoms with van der Waals surface area (Å²) in [6.45, 7) is 1.30. The molecule has 15 heavy (non-hydrogen) atoms. The van der Waals surface area contributed by atoms with E-state index in [-0.39, 0.29) is 0 Å². The highest BCUT2D eigenvalue weighted by atomic mass is 15.2. The fourth-order valence-electron chi connectivity index (χ4n) is 1.23. The van der Waals surface area contributed by atoms with E-state index < -0.39 is 0 Å². The zero-order valence-corrected chi connectivity index (χ0v) is 8.24. The summed E-state index contributed by atoms with van der Waals surface area (Å²) in [6, 6.07) is 3.71. The molecule has 5 heteroatoms. The van der Waals surface area contributed by atoms with Crippen LogP contribution in [-0.4, -0.2) is 21.6 Å². The van der Waals surface area contributed by atoms with E-state index in [0.717, 1.165) is 12.1 Å². The number of nitrogens with two attached hydrogens (primary N) is 1. The number of nitrogens with zero attached hydrogens (tertiary/aromatic N) is 4. The average Bonchev–Trinajstić information content (AvgIpc) is 2.32. The molecule has 0 unspecified atom stereocenters. The lowest BCUT2D eigenvalue weighted by Gasteiger charge is -1.96. The molecule has 2 rings (SSSR count). The van der Waals surface area contributed by atoms with Crippen molar-refractivity contribution in [1.29, 1.82) is 0 Å². The zero-order chi connectivity index (χ0) is 10.5. The topological polar surface area (TPSA) is 68.6 Å². The third kappa shape index (κ3) is 2.32. The summed E-state index contributed by atoms with van der Waals surface area (Å²) >= 11 is 0. The Kier molecular flexibility index (Phi) is 2.94. The minimum Gasteiger partial charge on any atom is -0.325 e. The summed E-state index contributed by atoms with van der Waals surface area (Å²) < 4.78 is 1.78. The van der Waals surface area contributed by atoms with Gasteiger partial charge in [-0.05, 0) is 11.2 Å². The van der Waals surface area contributed by atoms with Gasteiger partial charge >= 0.3 is 0 Å². The van der Waals surface area contributed by atoms with Gasteiger partial charge in [-0.3, -0.25) is 0 Å². The standard InChI is InChI=1S/C10H12N5/c11-3-7-15-6-2-9(8-14-15)10-12-4-1-5-13-10/h1-2,4-6,8H,3,7,11H2/q+1. The molecule has 0 atom stereocenters. The first-order valence-corrected chi connectivity index (χ1v) is 4.73. The van der Waals surface area contributed by atoms with E-state index in [1.54, 1.807) is 29.3 Å². The van der Waals surface area contributed by atoms with E-state index in [1.165, 1.54) is 0 Å². The van der Waals surface area contributed by atoms with Gasteiger partial charge in [0, 0.05) is 24.0 Å². The van der Waals surface area contributed by atoms with Gasteiger partial charge in [-0.1, -0.05) is 4.68 Å². The third-order valence-electron chi connectivity index (χ3n) is 1.95. The Labute approximate surface area is 87.6 Å². The molecule has 0 fully saturated rings. The van der Waals surface area contributed by atoms with Gasteiger partial charge in [-0.25, -0.2) is 9.97 Å². The highest BCUT2D eigenvalue weighted by Crippen LogP contribution is 2.08. The third-order valence-corrected chi connectivity index (χ3v) is 1.95. The van der Waals surface area contributed by atoms with E-state index in [4.69, 9.17) is 5.73 Å². The fraction of sp³-hybridized carbons (Fsp3) is 0.200. The quantitative estimate of drug-likeness (QED) is 0.699. The van der Waals surface area contributed by atoms with Gasteiger partial charge < -0.3 is 5.73 Å². The van der Waals surface area contributed by atoms with Gasteiger partial charge in [0.25, 0.3) is 0 Å². The molecule has 0 aliphatic carbocycles. The Hall–Kier alpha value is -1.88. The van der Waals surface area contributed by atoms with Crippen molar-refractivity contribution in [2.45, 2.75) is 6.54 Å². The van der Waals surface area contributed by atoms with Crippen molar-refractivity contribution in [3.05, 3.63) is 36.9 Å². The smallest absolute Gasteiger partial charge is 0.197 e. The van der Waals surface area contributed by atoms with Gasteiger partial charge in [0.15, 0.2) is 18.6 Å². The van der Waals surface area contributed by atoms with Crippen molar-refractivity contribution >= 4 is 0 Å². The molecule has 0 radical (unpaired) electrons. The van der Waals surface area contributed by atoms with E-state index in [0.29, 0.717) is 12.4 Å². The van der Waals surface area contributed by atoms with Crippen LogP contribution in [0.5, 0.6) is 0 Å². The SMILES string of the molecule is NCC[n+]1ccc(-c2ncccn2)cn1. The Balaban J connectivity index is 2.24. The second kappa shape index (κ2) is 4.56. The van der Waals surface area contributed by atoms with Gasteiger partial charge in [-0.2, -0.15) is 0 Å². The van der Waals surface area contributed by atoms with Crippen LogP contribution in [0.25, 0.3) is 11.4 Å². The molecule has 0 saturated carbocycles. The summed E-state index contributed by atoms with van der Waals surface area (Å²) in [7, 11) is 0. The molecular weight excluding hydrogens is 190 g/mol. The monoisotopic (exact) mass is 202 g/mol. The normalized spacial score (nSPS) is 10.2. The van der Waals surface area contributed by atoms with Crippen LogP contribution in [0, 0.1) is 0 Å². The molecule has 2 aromatic rings. The predicted octanol–water partition coefficient (Wildman–Crippen LogP) is -0.215. The van der Waals surface area contributed by atoms with Gasteiger partial charge in [0.1, 0.15) is 6.20 Å². The molecule has 2 N–H and O–H groups in total. The van der Waals surface area contributed by atoms with Gasteiger partial charge in [-0.15, -0.1) is 0 Å². The molecule has 0 aliphatic rings. The van der Waals surface area contributed by atoms with Crippen LogP contribution in [-0.2, 0) is 6.54 Å². The van der Waals surface area contributed by atoms with Crippen molar-refractivity contribution in [1.82, 2.24) is 15.1 Å². The summed E-state index contributed by atoms with van der Waals surface area (Å²) in [5, 5.41) is 4.20. The van der Waals surface area contributed by atoms with Crippen LogP contribution in [0.2, 0.25) is 0 Å². The molecule has 2 aromatic heterocycles. The van der Waals surface area contributed by atoms with E-state index >= 15 is 0 Å². The molecule has 0 amide bonds. The summed E-state index contributed by atoms with van der Waals surface area (Å²) in [5.41, 5.74) is 6.33. The molecule has 2 heterocycles. The highest BCUT2D eigenvalue weighted by Gasteiger charge is 2.04. The van der Waals surface area contributed by atoms with Crippen LogP contribution >= 0.6 is 0 Å². The van der Waals surface area contributed by atoms with Crippen molar-refractivity contribution < 1.29 is 4.68 Å². The van der Waals surface area contributed by atoms with Gasteiger partial charge in [0.05, 0.1) is 6.54 Å². The molecule has 0 aliphatic heterocycles. The maximum atomic E-state index is 5.42. The van der Waals surface area contributed by atoms with Crippen molar-refractivity contribution in [3.63, 3.8) is 0 Å². The minimum absolute atomic E-state index is 0.582. The first kappa shape index (κ1) is 9.67. The van der Waals surface area contributed by atoms with E-state index in [2.05, 4.69) is 15.1 Å². The Morgan fingerprint density at radius 1 is 1.27 bits per heavy atom. The maximum absolute atomic E-state index is 5.42. The Morgan fingerprint density at radius 2 is 2.07 bits per heavy atom. The first-order chi connectivity index (χ1) is 7.40. The maximum Gasteiger partial charge on any atom is 0.197 e.